The molecule has 10 heteroatoms. The molecular weight excluding hydrogens is 528 g/mol. The molecule has 2 aromatic carbocycles. The van der Waals surface area contributed by atoms with E-state index >= 15 is 0 Å². The highest BCUT2D eigenvalue weighted by atomic mass is 16.5. The second kappa shape index (κ2) is 11.0. The zero-order chi connectivity index (χ0) is 28.5. The number of benzene rings is 2. The SMILES string of the molecule is N#Cc1nccc(NC2CCN(Cc3ccc(-c4nc5n(c4-c4ccccc4)COc4[nH]ccc(=O)c4-5)cc3)CC2)n1. The van der Waals surface area contributed by atoms with Gasteiger partial charge in [0.25, 0.3) is 0 Å². The summed E-state index contributed by atoms with van der Waals surface area (Å²) < 4.78 is 7.92. The number of nitrogens with one attached hydrogen (secondary N) is 2. The Morgan fingerprint density at radius 1 is 1.00 bits per heavy atom. The Morgan fingerprint density at radius 2 is 1.81 bits per heavy atom. The van der Waals surface area contributed by atoms with Crippen LogP contribution < -0.4 is 15.5 Å². The van der Waals surface area contributed by atoms with Crippen LogP contribution in [0.1, 0.15) is 24.2 Å². The highest BCUT2D eigenvalue weighted by Crippen LogP contribution is 2.39. The molecule has 7 rings (SSSR count). The third kappa shape index (κ3) is 4.91. The number of H-pyrrole nitrogens is 1. The Hall–Kier alpha value is -5.27. The number of nitriles is 1. The molecule has 0 amide bonds. The zero-order valence-corrected chi connectivity index (χ0v) is 22.8. The van der Waals surface area contributed by atoms with Crippen molar-refractivity contribution in [1.82, 2.24) is 29.4 Å². The molecule has 0 unspecified atom stereocenters. The van der Waals surface area contributed by atoms with Gasteiger partial charge in [-0.1, -0.05) is 54.6 Å². The van der Waals surface area contributed by atoms with Crippen LogP contribution in [0, 0.1) is 11.3 Å². The number of hydrogen-bond acceptors (Lipinski definition) is 8. The van der Waals surface area contributed by atoms with Gasteiger partial charge in [-0.3, -0.25) is 14.3 Å². The number of rotatable bonds is 6. The number of anilines is 1. The van der Waals surface area contributed by atoms with Crippen LogP contribution in [0.4, 0.5) is 5.82 Å². The van der Waals surface area contributed by atoms with Crippen LogP contribution in [0.25, 0.3) is 33.9 Å². The maximum absolute atomic E-state index is 12.8. The van der Waals surface area contributed by atoms with Crippen molar-refractivity contribution in [3.05, 3.63) is 101 Å². The molecule has 5 aromatic rings. The quantitative estimate of drug-likeness (QED) is 0.309. The molecule has 0 spiro atoms. The van der Waals surface area contributed by atoms with Crippen molar-refractivity contribution in [1.29, 1.82) is 5.26 Å². The van der Waals surface area contributed by atoms with Gasteiger partial charge < -0.3 is 15.0 Å². The Kier molecular flexibility index (Phi) is 6.70. The summed E-state index contributed by atoms with van der Waals surface area (Å²) >= 11 is 0. The maximum atomic E-state index is 12.8. The summed E-state index contributed by atoms with van der Waals surface area (Å²) in [6, 6.07) is 24.3. The molecule has 42 heavy (non-hydrogen) atoms. The van der Waals surface area contributed by atoms with E-state index in [0.29, 0.717) is 29.1 Å². The van der Waals surface area contributed by atoms with Crippen LogP contribution >= 0.6 is 0 Å². The van der Waals surface area contributed by atoms with Crippen molar-refractivity contribution in [2.75, 3.05) is 18.4 Å². The molecule has 1 saturated heterocycles. The van der Waals surface area contributed by atoms with Gasteiger partial charge >= 0.3 is 0 Å². The minimum Gasteiger partial charge on any atom is -0.457 e. The van der Waals surface area contributed by atoms with Gasteiger partial charge in [-0.2, -0.15) is 5.26 Å². The van der Waals surface area contributed by atoms with E-state index in [2.05, 4.69) is 61.6 Å². The number of pyridine rings is 1. The number of imidazole rings is 1. The molecule has 208 valence electrons. The van der Waals surface area contributed by atoms with E-state index in [9.17, 15) is 4.79 Å². The van der Waals surface area contributed by atoms with E-state index in [0.717, 1.165) is 55.0 Å². The lowest BCUT2D eigenvalue weighted by molar-refractivity contribution is 0.211. The number of piperidine rings is 1. The second-order valence-electron chi connectivity index (χ2n) is 10.5. The van der Waals surface area contributed by atoms with E-state index in [1.807, 2.05) is 28.8 Å². The minimum absolute atomic E-state index is 0.126. The van der Waals surface area contributed by atoms with Crippen LogP contribution in [0.2, 0.25) is 0 Å². The monoisotopic (exact) mass is 556 g/mol. The zero-order valence-electron chi connectivity index (χ0n) is 22.8. The Morgan fingerprint density at radius 3 is 2.60 bits per heavy atom. The van der Waals surface area contributed by atoms with Crippen LogP contribution in [0.5, 0.6) is 5.88 Å². The highest BCUT2D eigenvalue weighted by Gasteiger charge is 2.28. The summed E-state index contributed by atoms with van der Waals surface area (Å²) in [6.45, 7) is 3.06. The van der Waals surface area contributed by atoms with Crippen LogP contribution in [0.15, 0.2) is 83.9 Å². The van der Waals surface area contributed by atoms with E-state index in [1.165, 1.54) is 11.6 Å². The molecule has 2 aliphatic rings. The van der Waals surface area contributed by atoms with E-state index in [-0.39, 0.29) is 18.0 Å². The molecule has 0 bridgehead atoms. The number of likely N-dealkylation sites (tertiary alicyclic amines) is 1. The van der Waals surface area contributed by atoms with Crippen molar-refractivity contribution < 1.29 is 4.74 Å². The predicted octanol–water partition coefficient (Wildman–Crippen LogP) is 4.66. The largest absolute Gasteiger partial charge is 0.457 e. The van der Waals surface area contributed by atoms with Crippen molar-refractivity contribution in [3.8, 4) is 45.9 Å². The lowest BCUT2D eigenvalue weighted by Gasteiger charge is -2.32. The van der Waals surface area contributed by atoms with Gasteiger partial charge in [-0.05, 0) is 24.5 Å². The maximum Gasteiger partial charge on any atom is 0.234 e. The summed E-state index contributed by atoms with van der Waals surface area (Å²) in [6.07, 6.45) is 5.20. The summed E-state index contributed by atoms with van der Waals surface area (Å²) in [5.41, 5.74) is 5.29. The number of aromatic amines is 1. The fourth-order valence-electron chi connectivity index (χ4n) is 5.74. The first-order valence-corrected chi connectivity index (χ1v) is 14.0. The Bertz CT molecular complexity index is 1830. The third-order valence-corrected chi connectivity index (χ3v) is 7.83. The smallest absolute Gasteiger partial charge is 0.234 e. The van der Waals surface area contributed by atoms with Crippen molar-refractivity contribution >= 4 is 5.82 Å². The van der Waals surface area contributed by atoms with Crippen LogP contribution in [-0.4, -0.2) is 48.5 Å². The Labute approximate surface area is 242 Å². The van der Waals surface area contributed by atoms with E-state index in [4.69, 9.17) is 15.0 Å². The fraction of sp³-hybridized carbons (Fsp3) is 0.219. The standard InChI is InChI=1S/C32H28N8O2/c33-18-27-34-15-11-26(37-27)36-24-12-16-39(17-13-24)19-21-6-8-22(9-7-21)29-30(23-4-2-1-3-5-23)40-20-42-32-28(31(40)38-29)25(41)10-14-35-32/h1-11,14-15,24H,12-13,16-17,19-20H2,(H,35,41)(H,34,36,37). The second-order valence-corrected chi connectivity index (χ2v) is 10.5. The summed E-state index contributed by atoms with van der Waals surface area (Å²) in [4.78, 5) is 31.5. The molecule has 2 aliphatic heterocycles. The molecule has 3 aromatic heterocycles. The van der Waals surface area contributed by atoms with Crippen molar-refractivity contribution in [2.45, 2.75) is 32.2 Å². The average molecular weight is 557 g/mol. The fourth-order valence-corrected chi connectivity index (χ4v) is 5.74. The van der Waals surface area contributed by atoms with Gasteiger partial charge in [0.2, 0.25) is 11.7 Å². The molecule has 10 nitrogen and oxygen atoms in total. The highest BCUT2D eigenvalue weighted by molar-refractivity contribution is 5.83. The number of ether oxygens (including phenoxy) is 1. The number of hydrogen-bond donors (Lipinski definition) is 2. The molecule has 0 aliphatic carbocycles. The first-order chi connectivity index (χ1) is 20.7. The number of fused-ring (bicyclic) bond motifs is 3. The summed E-state index contributed by atoms with van der Waals surface area (Å²) in [5, 5.41) is 12.5. The lowest BCUT2D eigenvalue weighted by atomic mass is 10.0. The van der Waals surface area contributed by atoms with E-state index < -0.39 is 0 Å². The van der Waals surface area contributed by atoms with E-state index in [1.54, 1.807) is 18.5 Å². The molecule has 0 saturated carbocycles. The number of aromatic nitrogens is 5. The molecule has 2 N–H and O–H groups in total. The van der Waals surface area contributed by atoms with Gasteiger partial charge in [0.1, 0.15) is 17.5 Å². The third-order valence-electron chi connectivity index (χ3n) is 7.83. The first-order valence-electron chi connectivity index (χ1n) is 14.0. The van der Waals surface area contributed by atoms with Crippen molar-refractivity contribution in [2.24, 2.45) is 0 Å². The Balaban J connectivity index is 1.10. The molecule has 0 radical (unpaired) electrons. The lowest BCUT2D eigenvalue weighted by Crippen LogP contribution is -2.38. The minimum atomic E-state index is -0.126. The summed E-state index contributed by atoms with van der Waals surface area (Å²) in [7, 11) is 0. The molecule has 1 fully saturated rings. The van der Waals surface area contributed by atoms with Gasteiger partial charge in [-0.15, -0.1) is 0 Å². The number of nitrogens with zero attached hydrogens (tertiary/aromatic N) is 6. The van der Waals surface area contributed by atoms with Gasteiger partial charge in [0.05, 0.1) is 11.4 Å². The van der Waals surface area contributed by atoms with Gasteiger partial charge in [0.15, 0.2) is 18.0 Å². The predicted molar refractivity (Wildman–Crippen MR) is 158 cm³/mol. The topological polar surface area (TPSA) is 125 Å². The van der Waals surface area contributed by atoms with Gasteiger partial charge in [-0.25, -0.2) is 15.0 Å². The first kappa shape index (κ1) is 25.7. The van der Waals surface area contributed by atoms with Crippen molar-refractivity contribution in [3.63, 3.8) is 0 Å². The normalized spacial score (nSPS) is 14.8. The average Bonchev–Trinajstić information content (AvgIpc) is 3.43. The summed E-state index contributed by atoms with van der Waals surface area (Å²) in [5.74, 6) is 1.94. The molecule has 0 atom stereocenters. The van der Waals surface area contributed by atoms with Crippen LogP contribution in [0.3, 0.4) is 0 Å². The van der Waals surface area contributed by atoms with Gasteiger partial charge in [0, 0.05) is 55.3 Å². The molecular formula is C32H28N8O2. The van der Waals surface area contributed by atoms with Crippen LogP contribution in [-0.2, 0) is 13.3 Å². The molecule has 5 heterocycles.